The van der Waals surface area contributed by atoms with Gasteiger partial charge in [-0.15, -0.1) is 5.10 Å². The van der Waals surface area contributed by atoms with E-state index in [0.29, 0.717) is 23.2 Å². The smallest absolute Gasteiger partial charge is 0.412 e. The van der Waals surface area contributed by atoms with E-state index in [1.54, 1.807) is 23.1 Å². The summed E-state index contributed by atoms with van der Waals surface area (Å²) in [5.74, 6) is 1.45. The number of hydrogen-bond donors (Lipinski definition) is 1. The summed E-state index contributed by atoms with van der Waals surface area (Å²) in [4.78, 5) is 12.2. The molecular formula is C19H19N5O5S. The third-order valence-corrected chi connectivity index (χ3v) is 5.92. The normalized spacial score (nSPS) is 25.2. The molecule has 11 heteroatoms. The second-order valence-electron chi connectivity index (χ2n) is 6.87. The van der Waals surface area contributed by atoms with Gasteiger partial charge in [0.25, 0.3) is 0 Å². The maximum absolute atomic E-state index is 12.2. The zero-order valence-corrected chi connectivity index (χ0v) is 16.6. The molecule has 4 atom stereocenters. The standard InChI is InChI=1S/C19H19N5O5S/c25-19(20-12-5-2-1-3-6-12)29-15-10-28-16-14(9-27-17(15)16)24-18(21-22-23-24)30-11-13-7-4-8-26-13/h1-8,14-17H,9-11H2,(H,20,25). The highest BCUT2D eigenvalue weighted by Crippen LogP contribution is 2.37. The Balaban J connectivity index is 1.21. The Kier molecular flexibility index (Phi) is 5.39. The van der Waals surface area contributed by atoms with Gasteiger partial charge in [-0.25, -0.2) is 9.48 Å². The Bertz CT molecular complexity index is 982. The molecule has 0 bridgehead atoms. The minimum Gasteiger partial charge on any atom is -0.468 e. The lowest BCUT2D eigenvalue weighted by atomic mass is 10.1. The molecule has 1 N–H and O–H groups in total. The molecule has 2 saturated heterocycles. The number of furan rings is 1. The fraction of sp³-hybridized carbons (Fsp3) is 0.368. The Hall–Kier alpha value is -2.89. The van der Waals surface area contributed by atoms with Gasteiger partial charge >= 0.3 is 6.09 Å². The molecule has 156 valence electrons. The van der Waals surface area contributed by atoms with E-state index < -0.39 is 12.2 Å². The van der Waals surface area contributed by atoms with Crippen molar-refractivity contribution in [3.63, 3.8) is 0 Å². The van der Waals surface area contributed by atoms with Crippen molar-refractivity contribution < 1.29 is 23.4 Å². The highest BCUT2D eigenvalue weighted by Gasteiger charge is 2.51. The topological polar surface area (TPSA) is 114 Å². The predicted molar refractivity (Wildman–Crippen MR) is 105 cm³/mol. The molecule has 10 nitrogen and oxygen atoms in total. The largest absolute Gasteiger partial charge is 0.468 e. The van der Waals surface area contributed by atoms with Crippen LogP contribution < -0.4 is 5.32 Å². The number of aromatic nitrogens is 4. The van der Waals surface area contributed by atoms with Crippen molar-refractivity contribution in [1.29, 1.82) is 0 Å². The van der Waals surface area contributed by atoms with Gasteiger partial charge in [0.1, 0.15) is 24.0 Å². The summed E-state index contributed by atoms with van der Waals surface area (Å²) < 4.78 is 24.4. The van der Waals surface area contributed by atoms with Crippen LogP contribution in [0.3, 0.4) is 0 Å². The van der Waals surface area contributed by atoms with Gasteiger partial charge in [-0.2, -0.15) is 0 Å². The molecule has 2 fully saturated rings. The molecule has 5 rings (SSSR count). The molecule has 1 amide bonds. The number of fused-ring (bicyclic) bond motifs is 1. The van der Waals surface area contributed by atoms with Crippen molar-refractivity contribution in [2.45, 2.75) is 35.3 Å². The Labute approximate surface area is 175 Å². The lowest BCUT2D eigenvalue weighted by Gasteiger charge is -2.17. The maximum atomic E-state index is 12.2. The molecule has 4 heterocycles. The molecule has 0 spiro atoms. The average molecular weight is 429 g/mol. The first-order valence-corrected chi connectivity index (χ1v) is 10.5. The highest BCUT2D eigenvalue weighted by atomic mass is 32.2. The monoisotopic (exact) mass is 429 g/mol. The number of carbonyl (C=O) groups excluding carboxylic acids is 1. The predicted octanol–water partition coefficient (Wildman–Crippen LogP) is 2.51. The first-order chi connectivity index (χ1) is 14.8. The van der Waals surface area contributed by atoms with E-state index in [9.17, 15) is 4.79 Å². The fourth-order valence-corrected chi connectivity index (χ4v) is 4.41. The number of rotatable bonds is 6. The molecular weight excluding hydrogens is 410 g/mol. The van der Waals surface area contributed by atoms with Crippen molar-refractivity contribution >= 4 is 23.5 Å². The van der Waals surface area contributed by atoms with E-state index in [-0.39, 0.29) is 24.9 Å². The number of carbonyl (C=O) groups is 1. The Morgan fingerprint density at radius 1 is 1.17 bits per heavy atom. The summed E-state index contributed by atoms with van der Waals surface area (Å²) in [6, 6.07) is 12.7. The Morgan fingerprint density at radius 2 is 2.03 bits per heavy atom. The summed E-state index contributed by atoms with van der Waals surface area (Å²) in [5, 5.41) is 15.4. The van der Waals surface area contributed by atoms with Crippen molar-refractivity contribution in [2.24, 2.45) is 0 Å². The number of benzene rings is 1. The SMILES string of the molecule is O=C(Nc1ccccc1)OC1COC2C1OCC2n1nnnc1SCc1ccco1. The molecule has 0 aliphatic carbocycles. The summed E-state index contributed by atoms with van der Waals surface area (Å²) in [6.07, 6.45) is -0.0805. The van der Waals surface area contributed by atoms with E-state index in [1.165, 1.54) is 11.8 Å². The lowest BCUT2D eigenvalue weighted by molar-refractivity contribution is 0.00751. The zero-order valence-electron chi connectivity index (χ0n) is 15.8. The van der Waals surface area contributed by atoms with Crippen LogP contribution in [0.5, 0.6) is 0 Å². The van der Waals surface area contributed by atoms with Gasteiger partial charge in [-0.3, -0.25) is 5.32 Å². The number of tetrazole rings is 1. The van der Waals surface area contributed by atoms with Crippen LogP contribution in [0.1, 0.15) is 11.8 Å². The summed E-state index contributed by atoms with van der Waals surface area (Å²) in [5.41, 5.74) is 0.662. The quantitative estimate of drug-likeness (QED) is 0.590. The highest BCUT2D eigenvalue weighted by molar-refractivity contribution is 7.98. The molecule has 1 aromatic carbocycles. The summed E-state index contributed by atoms with van der Waals surface area (Å²) in [7, 11) is 0. The van der Waals surface area contributed by atoms with Crippen LogP contribution in [0.4, 0.5) is 10.5 Å². The molecule has 0 saturated carbocycles. The van der Waals surface area contributed by atoms with E-state index >= 15 is 0 Å². The van der Waals surface area contributed by atoms with E-state index in [1.807, 2.05) is 30.3 Å². The molecule has 0 radical (unpaired) electrons. The van der Waals surface area contributed by atoms with Crippen molar-refractivity contribution in [1.82, 2.24) is 20.2 Å². The lowest BCUT2D eigenvalue weighted by Crippen LogP contribution is -2.35. The van der Waals surface area contributed by atoms with Crippen LogP contribution in [0.15, 0.2) is 58.3 Å². The number of amides is 1. The molecule has 2 aromatic heterocycles. The van der Waals surface area contributed by atoms with Gasteiger partial charge in [0.15, 0.2) is 6.10 Å². The van der Waals surface area contributed by atoms with Gasteiger partial charge < -0.3 is 18.6 Å². The van der Waals surface area contributed by atoms with Gasteiger partial charge in [-0.05, 0) is 34.7 Å². The maximum Gasteiger partial charge on any atom is 0.412 e. The van der Waals surface area contributed by atoms with Crippen LogP contribution in [-0.4, -0.2) is 57.8 Å². The van der Waals surface area contributed by atoms with Gasteiger partial charge in [0.05, 0.1) is 25.2 Å². The number of nitrogens with zero attached hydrogens (tertiary/aromatic N) is 4. The number of anilines is 1. The van der Waals surface area contributed by atoms with E-state index in [4.69, 9.17) is 18.6 Å². The van der Waals surface area contributed by atoms with Gasteiger partial charge in [0, 0.05) is 5.69 Å². The summed E-state index contributed by atoms with van der Waals surface area (Å²) >= 11 is 1.47. The minimum atomic E-state index is -0.542. The van der Waals surface area contributed by atoms with Crippen LogP contribution in [0.2, 0.25) is 0 Å². The fourth-order valence-electron chi connectivity index (χ4n) is 3.58. The zero-order chi connectivity index (χ0) is 20.3. The number of hydrogen-bond acceptors (Lipinski definition) is 9. The Morgan fingerprint density at radius 3 is 2.87 bits per heavy atom. The number of thioether (sulfide) groups is 1. The first kappa shape index (κ1) is 19.1. The van der Waals surface area contributed by atoms with Crippen LogP contribution in [-0.2, 0) is 20.0 Å². The molecule has 2 aliphatic heterocycles. The number of ether oxygens (including phenoxy) is 3. The molecule has 30 heavy (non-hydrogen) atoms. The molecule has 4 unspecified atom stereocenters. The second-order valence-corrected chi connectivity index (χ2v) is 7.81. The van der Waals surface area contributed by atoms with Crippen LogP contribution in [0.25, 0.3) is 0 Å². The number of nitrogens with one attached hydrogen (secondary N) is 1. The van der Waals surface area contributed by atoms with E-state index in [2.05, 4.69) is 20.8 Å². The van der Waals surface area contributed by atoms with Crippen molar-refractivity contribution in [3.05, 3.63) is 54.5 Å². The van der Waals surface area contributed by atoms with Crippen LogP contribution >= 0.6 is 11.8 Å². The third-order valence-electron chi connectivity index (χ3n) is 4.96. The number of para-hydroxylation sites is 1. The third kappa shape index (κ3) is 3.91. The van der Waals surface area contributed by atoms with E-state index in [0.717, 1.165) is 5.76 Å². The van der Waals surface area contributed by atoms with Crippen molar-refractivity contribution in [2.75, 3.05) is 18.5 Å². The van der Waals surface area contributed by atoms with Gasteiger partial charge in [-0.1, -0.05) is 30.0 Å². The minimum absolute atomic E-state index is 0.199. The first-order valence-electron chi connectivity index (χ1n) is 9.47. The van der Waals surface area contributed by atoms with Crippen molar-refractivity contribution in [3.8, 4) is 0 Å². The van der Waals surface area contributed by atoms with Crippen LogP contribution in [0, 0.1) is 0 Å². The second kappa shape index (κ2) is 8.46. The average Bonchev–Trinajstić information content (AvgIpc) is 3.53. The summed E-state index contributed by atoms with van der Waals surface area (Å²) in [6.45, 7) is 0.625. The molecule has 2 aliphatic rings. The molecule has 3 aromatic rings. The van der Waals surface area contributed by atoms with Gasteiger partial charge in [0.2, 0.25) is 5.16 Å².